The summed E-state index contributed by atoms with van der Waals surface area (Å²) < 4.78 is 5.15. The Bertz CT molecular complexity index is 372. The molecule has 1 aliphatic heterocycles. The van der Waals surface area contributed by atoms with Crippen molar-refractivity contribution >= 4 is 11.5 Å². The van der Waals surface area contributed by atoms with E-state index in [0.717, 1.165) is 16.8 Å². The molecule has 0 atom stereocenters. The molecule has 0 bridgehead atoms. The summed E-state index contributed by atoms with van der Waals surface area (Å²) >= 11 is 0. The second-order valence-corrected chi connectivity index (χ2v) is 3.65. The molecule has 0 aliphatic carbocycles. The van der Waals surface area contributed by atoms with Gasteiger partial charge in [-0.05, 0) is 17.7 Å². The monoisotopic (exact) mass is 191 g/mol. The number of anilines is 1. The fourth-order valence-electron chi connectivity index (χ4n) is 1.56. The van der Waals surface area contributed by atoms with Crippen molar-refractivity contribution in [2.45, 2.75) is 6.61 Å². The van der Waals surface area contributed by atoms with Gasteiger partial charge in [0.15, 0.2) is 5.78 Å². The first-order chi connectivity index (χ1) is 6.68. The molecule has 0 spiro atoms. The van der Waals surface area contributed by atoms with Crippen LogP contribution in [0.15, 0.2) is 18.2 Å². The number of rotatable bonds is 1. The van der Waals surface area contributed by atoms with Crippen LogP contribution in [-0.4, -0.2) is 26.5 Å². The molecule has 1 aliphatic rings. The Morgan fingerprint density at radius 2 is 2.07 bits per heavy atom. The zero-order valence-corrected chi connectivity index (χ0v) is 8.41. The van der Waals surface area contributed by atoms with Crippen LogP contribution in [0.4, 0.5) is 5.69 Å². The number of carbonyl (C=O) groups excluding carboxylic acids is 1. The second kappa shape index (κ2) is 3.42. The highest BCUT2D eigenvalue weighted by atomic mass is 16.5. The number of benzene rings is 1. The van der Waals surface area contributed by atoms with Gasteiger partial charge < -0.3 is 9.64 Å². The number of hydrogen-bond donors (Lipinski definition) is 0. The van der Waals surface area contributed by atoms with Crippen LogP contribution in [0.5, 0.6) is 0 Å². The summed E-state index contributed by atoms with van der Waals surface area (Å²) in [5.74, 6) is 0.0787. The smallest absolute Gasteiger partial charge is 0.188 e. The van der Waals surface area contributed by atoms with E-state index in [1.54, 1.807) is 0 Å². The summed E-state index contributed by atoms with van der Waals surface area (Å²) in [6, 6.07) is 5.89. The molecular weight excluding hydrogens is 178 g/mol. The Balaban J connectivity index is 2.46. The highest BCUT2D eigenvalue weighted by Crippen LogP contribution is 2.22. The van der Waals surface area contributed by atoms with Gasteiger partial charge in [0.2, 0.25) is 0 Å². The van der Waals surface area contributed by atoms with Gasteiger partial charge in [-0.3, -0.25) is 4.79 Å². The van der Waals surface area contributed by atoms with Crippen LogP contribution in [0.1, 0.15) is 15.9 Å². The lowest BCUT2D eigenvalue weighted by Gasteiger charge is -2.19. The molecule has 1 aromatic carbocycles. The number of hydrogen-bond acceptors (Lipinski definition) is 3. The molecule has 0 unspecified atom stereocenters. The Hall–Kier alpha value is -1.35. The van der Waals surface area contributed by atoms with Gasteiger partial charge in [0, 0.05) is 25.3 Å². The molecule has 0 N–H and O–H groups in total. The molecule has 1 aromatic rings. The van der Waals surface area contributed by atoms with Crippen molar-refractivity contribution in [2.24, 2.45) is 0 Å². The molecule has 0 aromatic heterocycles. The maximum atomic E-state index is 11.5. The lowest BCUT2D eigenvalue weighted by molar-refractivity contribution is 0.0665. The molecule has 3 nitrogen and oxygen atoms in total. The average molecular weight is 191 g/mol. The van der Waals surface area contributed by atoms with Gasteiger partial charge >= 0.3 is 0 Å². The molecular formula is C11H13NO2. The van der Waals surface area contributed by atoms with Gasteiger partial charge in [-0.25, -0.2) is 0 Å². The normalized spacial score (nSPS) is 15.1. The van der Waals surface area contributed by atoms with Crippen molar-refractivity contribution in [2.75, 3.05) is 25.6 Å². The van der Waals surface area contributed by atoms with Gasteiger partial charge in [-0.2, -0.15) is 0 Å². The van der Waals surface area contributed by atoms with E-state index in [0.29, 0.717) is 6.61 Å². The van der Waals surface area contributed by atoms with Crippen molar-refractivity contribution in [3.8, 4) is 0 Å². The highest BCUT2D eigenvalue weighted by Gasteiger charge is 2.17. The number of carbonyl (C=O) groups is 1. The first kappa shape index (κ1) is 9.21. The molecule has 0 saturated carbocycles. The van der Waals surface area contributed by atoms with Gasteiger partial charge in [-0.15, -0.1) is 0 Å². The molecule has 0 amide bonds. The molecule has 0 radical (unpaired) electrons. The summed E-state index contributed by atoms with van der Waals surface area (Å²) in [5.41, 5.74) is 2.85. The third-order valence-corrected chi connectivity index (χ3v) is 2.40. The minimum atomic E-state index is 0.0787. The highest BCUT2D eigenvalue weighted by molar-refractivity contribution is 6.00. The van der Waals surface area contributed by atoms with Crippen LogP contribution >= 0.6 is 0 Å². The molecule has 2 rings (SSSR count). The zero-order valence-electron chi connectivity index (χ0n) is 8.41. The van der Waals surface area contributed by atoms with Crippen molar-refractivity contribution < 1.29 is 9.53 Å². The van der Waals surface area contributed by atoms with Crippen LogP contribution < -0.4 is 4.90 Å². The molecule has 74 valence electrons. The minimum Gasteiger partial charge on any atom is -0.378 e. The van der Waals surface area contributed by atoms with E-state index in [-0.39, 0.29) is 12.4 Å². The minimum absolute atomic E-state index is 0.0787. The van der Waals surface area contributed by atoms with E-state index in [4.69, 9.17) is 4.74 Å². The van der Waals surface area contributed by atoms with Crippen molar-refractivity contribution in [1.29, 1.82) is 0 Å². The summed E-state index contributed by atoms with van der Waals surface area (Å²) in [6.45, 7) is 0.763. The summed E-state index contributed by atoms with van der Waals surface area (Å²) in [6.07, 6.45) is 0. The SMILES string of the molecule is CN(C)c1ccc2c(c1)C(=O)COC2. The van der Waals surface area contributed by atoms with Crippen LogP contribution in [0.25, 0.3) is 0 Å². The summed E-state index contributed by atoms with van der Waals surface area (Å²) in [5, 5.41) is 0. The predicted molar refractivity (Wildman–Crippen MR) is 54.8 cm³/mol. The van der Waals surface area contributed by atoms with E-state index >= 15 is 0 Å². The fourth-order valence-corrected chi connectivity index (χ4v) is 1.56. The first-order valence-electron chi connectivity index (χ1n) is 4.59. The van der Waals surface area contributed by atoms with Crippen LogP contribution in [0, 0.1) is 0 Å². The number of ether oxygens (including phenoxy) is 1. The van der Waals surface area contributed by atoms with Gasteiger partial charge in [0.25, 0.3) is 0 Å². The molecule has 0 fully saturated rings. The number of fused-ring (bicyclic) bond motifs is 1. The maximum absolute atomic E-state index is 11.5. The van der Waals surface area contributed by atoms with Gasteiger partial charge in [-0.1, -0.05) is 6.07 Å². The number of ketones is 1. The Morgan fingerprint density at radius 3 is 2.79 bits per heavy atom. The van der Waals surface area contributed by atoms with Gasteiger partial charge in [0.1, 0.15) is 6.61 Å². The van der Waals surface area contributed by atoms with E-state index in [2.05, 4.69) is 0 Å². The Labute approximate surface area is 83.3 Å². The van der Waals surface area contributed by atoms with E-state index in [1.807, 2.05) is 37.2 Å². The fraction of sp³-hybridized carbons (Fsp3) is 0.364. The van der Waals surface area contributed by atoms with Gasteiger partial charge in [0.05, 0.1) is 6.61 Å². The Kier molecular flexibility index (Phi) is 2.25. The van der Waals surface area contributed by atoms with Crippen molar-refractivity contribution in [1.82, 2.24) is 0 Å². The first-order valence-corrected chi connectivity index (χ1v) is 4.59. The van der Waals surface area contributed by atoms with Crippen molar-refractivity contribution in [3.63, 3.8) is 0 Å². The third kappa shape index (κ3) is 1.51. The molecule has 1 heterocycles. The maximum Gasteiger partial charge on any atom is 0.188 e. The standard InChI is InChI=1S/C11H13NO2/c1-12(2)9-4-3-8-6-14-7-11(13)10(8)5-9/h3-5H,6-7H2,1-2H3. The van der Waals surface area contributed by atoms with E-state index < -0.39 is 0 Å². The predicted octanol–water partition coefficient (Wildman–Crippen LogP) is 1.47. The van der Waals surface area contributed by atoms with Crippen LogP contribution in [0.3, 0.4) is 0 Å². The van der Waals surface area contributed by atoms with E-state index in [9.17, 15) is 4.79 Å². The van der Waals surface area contributed by atoms with Crippen molar-refractivity contribution in [3.05, 3.63) is 29.3 Å². The molecule has 3 heteroatoms. The number of nitrogens with zero attached hydrogens (tertiary/aromatic N) is 1. The van der Waals surface area contributed by atoms with Crippen LogP contribution in [-0.2, 0) is 11.3 Å². The average Bonchev–Trinajstić information content (AvgIpc) is 2.18. The topological polar surface area (TPSA) is 29.5 Å². The lowest BCUT2D eigenvalue weighted by atomic mass is 10.0. The quantitative estimate of drug-likeness (QED) is 0.673. The largest absolute Gasteiger partial charge is 0.378 e. The summed E-state index contributed by atoms with van der Waals surface area (Å²) in [7, 11) is 3.93. The van der Waals surface area contributed by atoms with Crippen LogP contribution in [0.2, 0.25) is 0 Å². The molecule has 0 saturated heterocycles. The lowest BCUT2D eigenvalue weighted by Crippen LogP contribution is -2.19. The van der Waals surface area contributed by atoms with E-state index in [1.165, 1.54) is 0 Å². The summed E-state index contributed by atoms with van der Waals surface area (Å²) in [4.78, 5) is 13.5. The second-order valence-electron chi connectivity index (χ2n) is 3.65. The molecule has 14 heavy (non-hydrogen) atoms. The third-order valence-electron chi connectivity index (χ3n) is 2.40. The number of Topliss-reactive ketones (excluding diaryl/α,β-unsaturated/α-hetero) is 1. The Morgan fingerprint density at radius 1 is 1.29 bits per heavy atom. The zero-order chi connectivity index (χ0) is 10.1.